The molecule has 0 aliphatic rings. The van der Waals surface area contributed by atoms with E-state index in [2.05, 4.69) is 5.32 Å². The number of hydrogen-bond acceptors (Lipinski definition) is 3. The molecule has 0 radical (unpaired) electrons. The third kappa shape index (κ3) is 3.07. The Morgan fingerprint density at radius 1 is 1.53 bits per heavy atom. The Morgan fingerprint density at radius 2 is 2.18 bits per heavy atom. The summed E-state index contributed by atoms with van der Waals surface area (Å²) in [6.45, 7) is 1.80. The summed E-state index contributed by atoms with van der Waals surface area (Å²) < 4.78 is 6.43. The summed E-state index contributed by atoms with van der Waals surface area (Å²) in [4.78, 5) is 22.7. The van der Waals surface area contributed by atoms with Crippen LogP contribution in [0.25, 0.3) is 0 Å². The van der Waals surface area contributed by atoms with Crippen LogP contribution in [0.1, 0.15) is 16.2 Å². The molecule has 0 spiro atoms. The van der Waals surface area contributed by atoms with Gasteiger partial charge in [0.1, 0.15) is 5.69 Å². The average molecular weight is 240 g/mol. The molecular weight excluding hydrogens is 224 g/mol. The van der Waals surface area contributed by atoms with Crippen LogP contribution < -0.4 is 5.32 Å². The quantitative estimate of drug-likeness (QED) is 0.768. The molecule has 0 aliphatic carbocycles. The summed E-state index contributed by atoms with van der Waals surface area (Å²) in [7, 11) is 3.13. The zero-order valence-corrected chi connectivity index (χ0v) is 10.1. The van der Waals surface area contributed by atoms with Crippen molar-refractivity contribution in [2.24, 2.45) is 7.05 Å². The zero-order valence-electron chi connectivity index (χ0n) is 10.1. The predicted molar refractivity (Wildman–Crippen MR) is 60.9 cm³/mol. The van der Waals surface area contributed by atoms with Gasteiger partial charge in [0.2, 0.25) is 0 Å². The van der Waals surface area contributed by atoms with E-state index in [4.69, 9.17) is 9.84 Å². The first-order chi connectivity index (χ1) is 7.97. The largest absolute Gasteiger partial charge is 0.480 e. The molecule has 1 aromatic rings. The van der Waals surface area contributed by atoms with Crippen LogP contribution in [0.5, 0.6) is 0 Å². The van der Waals surface area contributed by atoms with Gasteiger partial charge in [0.25, 0.3) is 5.91 Å². The topological polar surface area (TPSA) is 80.6 Å². The van der Waals surface area contributed by atoms with Crippen LogP contribution in [-0.2, 0) is 16.6 Å². The molecule has 1 heterocycles. The van der Waals surface area contributed by atoms with Gasteiger partial charge in [0.15, 0.2) is 6.04 Å². The number of amides is 1. The summed E-state index contributed by atoms with van der Waals surface area (Å²) in [6.07, 6.45) is 0. The van der Waals surface area contributed by atoms with E-state index in [0.717, 1.165) is 5.69 Å². The van der Waals surface area contributed by atoms with Gasteiger partial charge in [-0.15, -0.1) is 0 Å². The Hall–Kier alpha value is -1.82. The maximum Gasteiger partial charge on any atom is 0.328 e. The Labute approximate surface area is 99.2 Å². The van der Waals surface area contributed by atoms with Crippen molar-refractivity contribution in [1.29, 1.82) is 0 Å². The summed E-state index contributed by atoms with van der Waals surface area (Å²) in [5.74, 6) is -1.55. The minimum Gasteiger partial charge on any atom is -0.480 e. The molecule has 0 aliphatic heterocycles. The number of aryl methyl sites for hydroxylation is 1. The number of carbonyl (C=O) groups excluding carboxylic acids is 1. The second kappa shape index (κ2) is 5.49. The number of methoxy groups -OCH3 is 1. The number of aliphatic carboxylic acids is 1. The fraction of sp³-hybridized carbons (Fsp3) is 0.455. The van der Waals surface area contributed by atoms with Crippen molar-refractivity contribution in [2.75, 3.05) is 13.7 Å². The van der Waals surface area contributed by atoms with Gasteiger partial charge in [0, 0.05) is 19.9 Å². The van der Waals surface area contributed by atoms with Crippen molar-refractivity contribution in [3.8, 4) is 0 Å². The second-order valence-electron chi connectivity index (χ2n) is 3.74. The molecule has 1 atom stereocenters. The molecule has 0 fully saturated rings. The van der Waals surface area contributed by atoms with Crippen LogP contribution in [0.15, 0.2) is 12.1 Å². The van der Waals surface area contributed by atoms with Crippen LogP contribution in [0.2, 0.25) is 0 Å². The van der Waals surface area contributed by atoms with Crippen molar-refractivity contribution in [3.63, 3.8) is 0 Å². The van der Waals surface area contributed by atoms with Crippen molar-refractivity contribution < 1.29 is 19.4 Å². The first-order valence-corrected chi connectivity index (χ1v) is 5.12. The van der Waals surface area contributed by atoms with Crippen molar-refractivity contribution in [3.05, 3.63) is 23.5 Å². The van der Waals surface area contributed by atoms with Crippen LogP contribution in [0.3, 0.4) is 0 Å². The molecule has 2 N–H and O–H groups in total. The number of carboxylic acid groups (broad SMARTS) is 1. The minimum absolute atomic E-state index is 0.0650. The lowest BCUT2D eigenvalue weighted by Crippen LogP contribution is -2.44. The number of rotatable bonds is 5. The lowest BCUT2D eigenvalue weighted by molar-refractivity contribution is -0.140. The molecule has 0 bridgehead atoms. The van der Waals surface area contributed by atoms with Gasteiger partial charge >= 0.3 is 5.97 Å². The number of hydrogen-bond donors (Lipinski definition) is 2. The van der Waals surface area contributed by atoms with E-state index in [1.54, 1.807) is 23.7 Å². The Bertz CT molecular complexity index is 425. The molecular formula is C11H16N2O4. The third-order valence-corrected chi connectivity index (χ3v) is 2.54. The molecule has 94 valence electrons. The molecule has 6 nitrogen and oxygen atoms in total. The highest BCUT2D eigenvalue weighted by molar-refractivity contribution is 5.95. The average Bonchev–Trinajstić information content (AvgIpc) is 2.59. The van der Waals surface area contributed by atoms with Gasteiger partial charge in [-0.2, -0.15) is 0 Å². The highest BCUT2D eigenvalue weighted by Gasteiger charge is 2.21. The van der Waals surface area contributed by atoms with E-state index in [0.29, 0.717) is 5.69 Å². The van der Waals surface area contributed by atoms with Crippen molar-refractivity contribution in [1.82, 2.24) is 9.88 Å². The lowest BCUT2D eigenvalue weighted by Gasteiger charge is -2.13. The number of carbonyl (C=O) groups is 2. The Kier molecular flexibility index (Phi) is 4.28. The van der Waals surface area contributed by atoms with E-state index in [1.807, 2.05) is 6.92 Å². The number of ether oxygens (including phenoxy) is 1. The summed E-state index contributed by atoms with van der Waals surface area (Å²) in [5, 5.41) is 11.3. The molecule has 1 aromatic heterocycles. The van der Waals surface area contributed by atoms with Gasteiger partial charge < -0.3 is 19.7 Å². The summed E-state index contributed by atoms with van der Waals surface area (Å²) in [5.41, 5.74) is 1.35. The zero-order chi connectivity index (χ0) is 13.0. The minimum atomic E-state index is -1.12. The smallest absolute Gasteiger partial charge is 0.328 e. The van der Waals surface area contributed by atoms with Crippen LogP contribution in [-0.4, -0.2) is 41.3 Å². The molecule has 0 saturated carbocycles. The monoisotopic (exact) mass is 240 g/mol. The van der Waals surface area contributed by atoms with Crippen molar-refractivity contribution >= 4 is 11.9 Å². The first-order valence-electron chi connectivity index (χ1n) is 5.12. The van der Waals surface area contributed by atoms with E-state index in [1.165, 1.54) is 7.11 Å². The Balaban J connectivity index is 2.77. The van der Waals surface area contributed by atoms with Gasteiger partial charge in [-0.3, -0.25) is 4.79 Å². The van der Waals surface area contributed by atoms with E-state index in [9.17, 15) is 9.59 Å². The predicted octanol–water partition coefficient (Wildman–Crippen LogP) is 0.163. The maximum absolute atomic E-state index is 11.8. The van der Waals surface area contributed by atoms with Crippen LogP contribution in [0.4, 0.5) is 0 Å². The molecule has 1 unspecified atom stereocenters. The number of aromatic nitrogens is 1. The van der Waals surface area contributed by atoms with Crippen LogP contribution in [0, 0.1) is 6.92 Å². The second-order valence-corrected chi connectivity index (χ2v) is 3.74. The molecule has 17 heavy (non-hydrogen) atoms. The fourth-order valence-corrected chi connectivity index (χ4v) is 1.41. The Morgan fingerprint density at radius 3 is 2.59 bits per heavy atom. The van der Waals surface area contributed by atoms with Crippen LogP contribution >= 0.6 is 0 Å². The van der Waals surface area contributed by atoms with E-state index >= 15 is 0 Å². The molecule has 0 aromatic carbocycles. The summed E-state index contributed by atoms with van der Waals surface area (Å²) in [6, 6.07) is 2.40. The highest BCUT2D eigenvalue weighted by atomic mass is 16.5. The van der Waals surface area contributed by atoms with E-state index in [-0.39, 0.29) is 6.61 Å². The SMILES string of the molecule is COCC(NC(=O)c1ccc(C)n1C)C(=O)O. The van der Waals surface area contributed by atoms with Gasteiger partial charge in [0.05, 0.1) is 6.61 Å². The number of nitrogens with zero attached hydrogens (tertiary/aromatic N) is 1. The van der Waals surface area contributed by atoms with Gasteiger partial charge in [-0.1, -0.05) is 0 Å². The third-order valence-electron chi connectivity index (χ3n) is 2.54. The fourth-order valence-electron chi connectivity index (χ4n) is 1.41. The molecule has 6 heteroatoms. The summed E-state index contributed by atoms with van der Waals surface area (Å²) >= 11 is 0. The maximum atomic E-state index is 11.8. The number of carboxylic acids is 1. The lowest BCUT2D eigenvalue weighted by atomic mass is 10.3. The standard InChI is InChI=1S/C11H16N2O4/c1-7-4-5-9(13(7)2)10(14)12-8(6-17-3)11(15)16/h4-5,8H,6H2,1-3H3,(H,12,14)(H,15,16). The first kappa shape index (κ1) is 13.2. The number of nitrogens with one attached hydrogen (secondary N) is 1. The van der Waals surface area contributed by atoms with Gasteiger partial charge in [-0.05, 0) is 19.1 Å². The van der Waals surface area contributed by atoms with E-state index < -0.39 is 17.9 Å². The highest BCUT2D eigenvalue weighted by Crippen LogP contribution is 2.05. The normalized spacial score (nSPS) is 12.2. The molecule has 0 saturated heterocycles. The molecule has 1 amide bonds. The molecule has 1 rings (SSSR count). The van der Waals surface area contributed by atoms with Crippen molar-refractivity contribution in [2.45, 2.75) is 13.0 Å². The van der Waals surface area contributed by atoms with Gasteiger partial charge in [-0.25, -0.2) is 4.79 Å².